The molecule has 0 saturated heterocycles. The van der Waals surface area contributed by atoms with Crippen molar-refractivity contribution in [1.82, 2.24) is 5.32 Å². The molecule has 0 spiro atoms. The van der Waals surface area contributed by atoms with Gasteiger partial charge in [0, 0.05) is 6.04 Å². The van der Waals surface area contributed by atoms with Crippen molar-refractivity contribution in [2.75, 3.05) is 6.54 Å². The quantitative estimate of drug-likeness (QED) is 0.423. The summed E-state index contributed by atoms with van der Waals surface area (Å²) in [6, 6.07) is 0.722. The van der Waals surface area contributed by atoms with Gasteiger partial charge < -0.3 is 5.32 Å². The maximum absolute atomic E-state index is 3.78. The molecule has 1 N–H and O–H groups in total. The van der Waals surface area contributed by atoms with Crippen LogP contribution in [0.1, 0.15) is 59.3 Å². The van der Waals surface area contributed by atoms with E-state index in [-0.39, 0.29) is 0 Å². The molecule has 0 aliphatic rings. The van der Waals surface area contributed by atoms with Crippen LogP contribution in [0.15, 0.2) is 12.7 Å². The normalized spacial score (nSPS) is 14.9. The van der Waals surface area contributed by atoms with Crippen molar-refractivity contribution in [3.63, 3.8) is 0 Å². The molecule has 0 aliphatic carbocycles. The summed E-state index contributed by atoms with van der Waals surface area (Å²) >= 11 is 0. The predicted octanol–water partition coefficient (Wildman–Crippen LogP) is 4.15. The second kappa shape index (κ2) is 10.2. The van der Waals surface area contributed by atoms with Gasteiger partial charge in [-0.25, -0.2) is 0 Å². The molecular formula is C14H29N. The van der Waals surface area contributed by atoms with Gasteiger partial charge in [-0.2, -0.15) is 0 Å². The third kappa shape index (κ3) is 8.68. The molecule has 0 saturated carbocycles. The summed E-state index contributed by atoms with van der Waals surface area (Å²) in [6.45, 7) is 11.8. The summed E-state index contributed by atoms with van der Waals surface area (Å²) < 4.78 is 0. The molecule has 0 fully saturated rings. The second-order valence-corrected chi connectivity index (χ2v) is 4.62. The molecule has 0 aliphatic heterocycles. The maximum atomic E-state index is 3.78. The Hall–Kier alpha value is -0.300. The molecule has 0 amide bonds. The zero-order chi connectivity index (χ0) is 11.5. The van der Waals surface area contributed by atoms with E-state index >= 15 is 0 Å². The van der Waals surface area contributed by atoms with Crippen molar-refractivity contribution < 1.29 is 0 Å². The van der Waals surface area contributed by atoms with E-state index in [1.807, 2.05) is 6.08 Å². The standard InChI is InChI=1S/C14H29N/c1-5-8-9-10-14(15-11-6-2)12-13(4)7-3/h5,13-15H,1,6-12H2,2-4H3. The van der Waals surface area contributed by atoms with Gasteiger partial charge in [0.05, 0.1) is 0 Å². The average molecular weight is 211 g/mol. The first-order chi connectivity index (χ1) is 7.24. The van der Waals surface area contributed by atoms with Crippen LogP contribution < -0.4 is 5.32 Å². The number of hydrogen-bond donors (Lipinski definition) is 1. The fourth-order valence-corrected chi connectivity index (χ4v) is 1.81. The highest BCUT2D eigenvalue weighted by atomic mass is 14.9. The van der Waals surface area contributed by atoms with Crippen LogP contribution in [0, 0.1) is 5.92 Å². The minimum atomic E-state index is 0.722. The van der Waals surface area contributed by atoms with Crippen LogP contribution in [0.25, 0.3) is 0 Å². The lowest BCUT2D eigenvalue weighted by Crippen LogP contribution is -2.31. The third-order valence-electron chi connectivity index (χ3n) is 3.03. The first kappa shape index (κ1) is 14.7. The molecule has 1 nitrogen and oxygen atoms in total. The maximum Gasteiger partial charge on any atom is 0.00697 e. The number of rotatable bonds is 10. The Kier molecular flexibility index (Phi) is 10.0. The van der Waals surface area contributed by atoms with Crippen molar-refractivity contribution in [3.8, 4) is 0 Å². The van der Waals surface area contributed by atoms with Crippen molar-refractivity contribution in [2.45, 2.75) is 65.3 Å². The van der Waals surface area contributed by atoms with Crippen LogP contribution in [0.2, 0.25) is 0 Å². The summed E-state index contributed by atoms with van der Waals surface area (Å²) in [5, 5.41) is 3.66. The van der Waals surface area contributed by atoms with Crippen LogP contribution in [-0.2, 0) is 0 Å². The van der Waals surface area contributed by atoms with E-state index in [1.165, 1.54) is 32.1 Å². The summed E-state index contributed by atoms with van der Waals surface area (Å²) in [5.74, 6) is 0.850. The van der Waals surface area contributed by atoms with E-state index in [0.29, 0.717) is 0 Å². The van der Waals surface area contributed by atoms with E-state index in [4.69, 9.17) is 0 Å². The molecule has 15 heavy (non-hydrogen) atoms. The molecular weight excluding hydrogens is 182 g/mol. The van der Waals surface area contributed by atoms with Gasteiger partial charge in [-0.1, -0.05) is 33.3 Å². The molecule has 0 aromatic heterocycles. The van der Waals surface area contributed by atoms with E-state index in [2.05, 4.69) is 32.7 Å². The molecule has 0 radical (unpaired) electrons. The molecule has 0 bridgehead atoms. The van der Waals surface area contributed by atoms with Crippen LogP contribution in [0.3, 0.4) is 0 Å². The molecule has 2 unspecified atom stereocenters. The monoisotopic (exact) mass is 211 g/mol. The Morgan fingerprint density at radius 3 is 2.60 bits per heavy atom. The summed E-state index contributed by atoms with van der Waals surface area (Å²) in [5.41, 5.74) is 0. The summed E-state index contributed by atoms with van der Waals surface area (Å²) in [7, 11) is 0. The lowest BCUT2D eigenvalue weighted by molar-refractivity contribution is 0.371. The largest absolute Gasteiger partial charge is 0.314 e. The van der Waals surface area contributed by atoms with Crippen LogP contribution in [0.5, 0.6) is 0 Å². The molecule has 2 atom stereocenters. The zero-order valence-corrected chi connectivity index (χ0v) is 10.9. The van der Waals surface area contributed by atoms with Gasteiger partial charge in [0.25, 0.3) is 0 Å². The van der Waals surface area contributed by atoms with Crippen molar-refractivity contribution in [3.05, 3.63) is 12.7 Å². The van der Waals surface area contributed by atoms with Crippen LogP contribution in [-0.4, -0.2) is 12.6 Å². The third-order valence-corrected chi connectivity index (χ3v) is 3.03. The molecule has 1 heteroatoms. The smallest absolute Gasteiger partial charge is 0.00697 e. The van der Waals surface area contributed by atoms with Gasteiger partial charge in [-0.15, -0.1) is 6.58 Å². The van der Waals surface area contributed by atoms with Gasteiger partial charge in [-0.3, -0.25) is 0 Å². The first-order valence-electron chi connectivity index (χ1n) is 6.58. The average Bonchev–Trinajstić information content (AvgIpc) is 2.25. The summed E-state index contributed by atoms with van der Waals surface area (Å²) in [6.07, 6.45) is 9.63. The van der Waals surface area contributed by atoms with Crippen molar-refractivity contribution >= 4 is 0 Å². The van der Waals surface area contributed by atoms with E-state index in [1.54, 1.807) is 0 Å². The van der Waals surface area contributed by atoms with Gasteiger partial charge in [0.1, 0.15) is 0 Å². The zero-order valence-electron chi connectivity index (χ0n) is 10.9. The van der Waals surface area contributed by atoms with Gasteiger partial charge >= 0.3 is 0 Å². The Balaban J connectivity index is 3.77. The Bertz CT molecular complexity index is 142. The fraction of sp³-hybridized carbons (Fsp3) is 0.857. The highest BCUT2D eigenvalue weighted by molar-refractivity contribution is 4.73. The van der Waals surface area contributed by atoms with E-state index in [9.17, 15) is 0 Å². The minimum absolute atomic E-state index is 0.722. The highest BCUT2D eigenvalue weighted by Gasteiger charge is 2.10. The molecule has 0 aromatic carbocycles. The van der Waals surface area contributed by atoms with Gasteiger partial charge in [-0.05, 0) is 44.6 Å². The molecule has 0 heterocycles. The van der Waals surface area contributed by atoms with Crippen molar-refractivity contribution in [2.24, 2.45) is 5.92 Å². The van der Waals surface area contributed by atoms with E-state index < -0.39 is 0 Å². The van der Waals surface area contributed by atoms with Crippen molar-refractivity contribution in [1.29, 1.82) is 0 Å². The van der Waals surface area contributed by atoms with E-state index in [0.717, 1.165) is 24.9 Å². The predicted molar refractivity (Wildman–Crippen MR) is 70.2 cm³/mol. The SMILES string of the molecule is C=CCCCC(CC(C)CC)NCCC. The number of hydrogen-bond acceptors (Lipinski definition) is 1. The van der Waals surface area contributed by atoms with Crippen LogP contribution in [0.4, 0.5) is 0 Å². The highest BCUT2D eigenvalue weighted by Crippen LogP contribution is 2.14. The van der Waals surface area contributed by atoms with Gasteiger partial charge in [0.15, 0.2) is 0 Å². The first-order valence-corrected chi connectivity index (χ1v) is 6.58. The number of unbranched alkanes of at least 4 members (excludes halogenated alkanes) is 1. The Morgan fingerprint density at radius 2 is 2.07 bits per heavy atom. The lowest BCUT2D eigenvalue weighted by Gasteiger charge is -2.21. The van der Waals surface area contributed by atoms with Gasteiger partial charge in [0.2, 0.25) is 0 Å². The number of nitrogens with one attached hydrogen (secondary N) is 1. The summed E-state index contributed by atoms with van der Waals surface area (Å²) in [4.78, 5) is 0. The Labute approximate surface area is 96.3 Å². The second-order valence-electron chi connectivity index (χ2n) is 4.62. The molecule has 90 valence electrons. The fourth-order valence-electron chi connectivity index (χ4n) is 1.81. The minimum Gasteiger partial charge on any atom is -0.314 e. The topological polar surface area (TPSA) is 12.0 Å². The molecule has 0 aromatic rings. The number of allylic oxidation sites excluding steroid dienone is 1. The lowest BCUT2D eigenvalue weighted by atomic mass is 9.95. The molecule has 0 rings (SSSR count). The Morgan fingerprint density at radius 1 is 1.33 bits per heavy atom. The van der Waals surface area contributed by atoms with Crippen LogP contribution >= 0.6 is 0 Å².